The van der Waals surface area contributed by atoms with E-state index in [1.54, 1.807) is 0 Å². The Morgan fingerprint density at radius 3 is 2.65 bits per heavy atom. The second-order valence-corrected chi connectivity index (χ2v) is 5.48. The standard InChI is InChI=1S/C10H10N4O5S/c1-14-10(11-5-12-14)13-20(18,19)6-2-3-8(15)7(4-6)9(16)17/h2-5,15H,1H3,(H,16,17)(H,11,12,13). The van der Waals surface area contributed by atoms with E-state index in [1.807, 2.05) is 0 Å². The van der Waals surface area contributed by atoms with Gasteiger partial charge in [-0.3, -0.25) is 0 Å². The van der Waals surface area contributed by atoms with Gasteiger partial charge < -0.3 is 10.2 Å². The van der Waals surface area contributed by atoms with Gasteiger partial charge in [0.15, 0.2) is 0 Å². The smallest absolute Gasteiger partial charge is 0.339 e. The molecule has 1 heterocycles. The van der Waals surface area contributed by atoms with Crippen LogP contribution < -0.4 is 4.72 Å². The molecule has 2 rings (SSSR count). The summed E-state index contributed by atoms with van der Waals surface area (Å²) in [4.78, 5) is 14.3. The average Bonchev–Trinajstić information content (AvgIpc) is 2.74. The number of aromatic nitrogens is 3. The van der Waals surface area contributed by atoms with Crippen LogP contribution in [0, 0.1) is 0 Å². The van der Waals surface area contributed by atoms with Crippen molar-refractivity contribution in [2.45, 2.75) is 4.90 Å². The van der Waals surface area contributed by atoms with Gasteiger partial charge in [-0.05, 0) is 18.2 Å². The van der Waals surface area contributed by atoms with Crippen molar-refractivity contribution in [1.29, 1.82) is 0 Å². The summed E-state index contributed by atoms with van der Waals surface area (Å²) in [6, 6.07) is 2.94. The number of sulfonamides is 1. The lowest BCUT2D eigenvalue weighted by Crippen LogP contribution is -2.16. The summed E-state index contributed by atoms with van der Waals surface area (Å²) in [5, 5.41) is 21.9. The predicted octanol–water partition coefficient (Wildman–Crippen LogP) is 0.0197. The minimum absolute atomic E-state index is 0.0186. The highest BCUT2D eigenvalue weighted by Crippen LogP contribution is 2.22. The molecule has 0 saturated carbocycles. The van der Waals surface area contributed by atoms with Crippen LogP contribution in [0.2, 0.25) is 0 Å². The average molecular weight is 298 g/mol. The first-order valence-electron chi connectivity index (χ1n) is 5.24. The van der Waals surface area contributed by atoms with Crippen molar-refractivity contribution in [2.24, 2.45) is 7.05 Å². The van der Waals surface area contributed by atoms with Crippen LogP contribution in [-0.4, -0.2) is 39.4 Å². The van der Waals surface area contributed by atoms with E-state index in [4.69, 9.17) is 5.11 Å². The van der Waals surface area contributed by atoms with Gasteiger partial charge in [-0.1, -0.05) is 0 Å². The topological polar surface area (TPSA) is 134 Å². The molecular formula is C10H10N4O5S. The molecule has 2 aromatic rings. The minimum Gasteiger partial charge on any atom is -0.507 e. The third kappa shape index (κ3) is 2.54. The highest BCUT2D eigenvalue weighted by atomic mass is 32.2. The summed E-state index contributed by atoms with van der Waals surface area (Å²) in [7, 11) is -2.54. The normalized spacial score (nSPS) is 11.2. The number of phenols is 1. The quantitative estimate of drug-likeness (QED) is 0.724. The Labute approximate surface area is 113 Å². The highest BCUT2D eigenvalue weighted by molar-refractivity contribution is 7.92. The number of hydrogen-bond acceptors (Lipinski definition) is 6. The molecule has 0 aliphatic heterocycles. The third-order valence-corrected chi connectivity index (χ3v) is 3.77. The Kier molecular flexibility index (Phi) is 3.32. The van der Waals surface area contributed by atoms with Gasteiger partial charge in [-0.2, -0.15) is 10.1 Å². The van der Waals surface area contributed by atoms with Gasteiger partial charge in [0.05, 0.1) is 4.90 Å². The summed E-state index contributed by atoms with van der Waals surface area (Å²) in [6.07, 6.45) is 1.16. The monoisotopic (exact) mass is 298 g/mol. The molecule has 1 aromatic carbocycles. The Balaban J connectivity index is 2.42. The predicted molar refractivity (Wildman–Crippen MR) is 66.9 cm³/mol. The third-order valence-electron chi connectivity index (χ3n) is 2.45. The first-order chi connectivity index (χ1) is 9.31. The van der Waals surface area contributed by atoms with Gasteiger partial charge in [-0.15, -0.1) is 0 Å². The Bertz CT molecular complexity index is 768. The summed E-state index contributed by atoms with van der Waals surface area (Å²) >= 11 is 0. The molecule has 0 radical (unpaired) electrons. The van der Waals surface area contributed by atoms with E-state index in [0.29, 0.717) is 0 Å². The number of aromatic hydroxyl groups is 1. The molecule has 0 bridgehead atoms. The maximum Gasteiger partial charge on any atom is 0.339 e. The lowest BCUT2D eigenvalue weighted by Gasteiger charge is -2.08. The molecular weight excluding hydrogens is 288 g/mol. The molecule has 0 fully saturated rings. The van der Waals surface area contributed by atoms with Crippen LogP contribution in [0.25, 0.3) is 0 Å². The summed E-state index contributed by atoms with van der Waals surface area (Å²) in [5.74, 6) is -1.97. The van der Waals surface area contributed by atoms with E-state index in [-0.39, 0.29) is 10.8 Å². The van der Waals surface area contributed by atoms with Gasteiger partial charge in [0, 0.05) is 7.05 Å². The van der Waals surface area contributed by atoms with Crippen molar-refractivity contribution >= 4 is 21.9 Å². The molecule has 9 nitrogen and oxygen atoms in total. The van der Waals surface area contributed by atoms with Gasteiger partial charge >= 0.3 is 5.97 Å². The van der Waals surface area contributed by atoms with E-state index < -0.39 is 27.3 Å². The van der Waals surface area contributed by atoms with E-state index in [2.05, 4.69) is 14.8 Å². The van der Waals surface area contributed by atoms with Crippen LogP contribution in [0.5, 0.6) is 5.75 Å². The fraction of sp³-hybridized carbons (Fsp3) is 0.100. The number of nitrogens with one attached hydrogen (secondary N) is 1. The molecule has 106 valence electrons. The zero-order chi connectivity index (χ0) is 14.9. The van der Waals surface area contributed by atoms with Crippen LogP contribution >= 0.6 is 0 Å². The number of anilines is 1. The molecule has 0 aliphatic carbocycles. The van der Waals surface area contributed by atoms with Crippen LogP contribution in [0.3, 0.4) is 0 Å². The number of carbonyl (C=O) groups is 1. The number of benzene rings is 1. The fourth-order valence-electron chi connectivity index (χ4n) is 1.42. The molecule has 10 heteroatoms. The maximum atomic E-state index is 12.1. The molecule has 1 aromatic heterocycles. The number of carboxylic acids is 1. The van der Waals surface area contributed by atoms with Crippen molar-refractivity contribution in [3.8, 4) is 5.75 Å². The lowest BCUT2D eigenvalue weighted by molar-refractivity contribution is 0.0693. The van der Waals surface area contributed by atoms with E-state index in [9.17, 15) is 18.3 Å². The van der Waals surface area contributed by atoms with E-state index in [0.717, 1.165) is 24.5 Å². The number of aromatic carboxylic acids is 1. The largest absolute Gasteiger partial charge is 0.507 e. The van der Waals surface area contributed by atoms with Crippen LogP contribution in [0.4, 0.5) is 5.95 Å². The molecule has 0 spiro atoms. The number of carboxylic acid groups (broad SMARTS) is 1. The minimum atomic E-state index is -4.03. The molecule has 0 unspecified atom stereocenters. The Morgan fingerprint density at radius 1 is 1.40 bits per heavy atom. The number of hydrogen-bond donors (Lipinski definition) is 3. The lowest BCUT2D eigenvalue weighted by atomic mass is 10.2. The second kappa shape index (κ2) is 4.81. The fourth-order valence-corrected chi connectivity index (χ4v) is 2.48. The van der Waals surface area contributed by atoms with Crippen molar-refractivity contribution in [3.05, 3.63) is 30.1 Å². The zero-order valence-electron chi connectivity index (χ0n) is 10.2. The SMILES string of the molecule is Cn1ncnc1NS(=O)(=O)c1ccc(O)c(C(=O)O)c1. The van der Waals surface area contributed by atoms with Crippen LogP contribution in [0.15, 0.2) is 29.4 Å². The van der Waals surface area contributed by atoms with Crippen molar-refractivity contribution in [2.75, 3.05) is 4.72 Å². The van der Waals surface area contributed by atoms with Gasteiger partial charge in [0.1, 0.15) is 17.6 Å². The number of aryl methyl sites for hydroxylation is 1. The Hall–Kier alpha value is -2.62. The number of nitrogens with zero attached hydrogens (tertiary/aromatic N) is 3. The molecule has 3 N–H and O–H groups in total. The molecule has 0 saturated heterocycles. The number of rotatable bonds is 4. The zero-order valence-corrected chi connectivity index (χ0v) is 11.0. The van der Waals surface area contributed by atoms with E-state index in [1.165, 1.54) is 11.7 Å². The molecule has 0 aliphatic rings. The van der Waals surface area contributed by atoms with Crippen LogP contribution in [0.1, 0.15) is 10.4 Å². The van der Waals surface area contributed by atoms with Crippen molar-refractivity contribution in [1.82, 2.24) is 14.8 Å². The molecule has 0 atom stereocenters. The van der Waals surface area contributed by atoms with Gasteiger partial charge in [0.2, 0.25) is 5.95 Å². The van der Waals surface area contributed by atoms with Crippen LogP contribution in [-0.2, 0) is 17.1 Å². The molecule has 20 heavy (non-hydrogen) atoms. The molecule has 0 amide bonds. The van der Waals surface area contributed by atoms with Crippen molar-refractivity contribution in [3.63, 3.8) is 0 Å². The summed E-state index contributed by atoms with van der Waals surface area (Å²) < 4.78 is 27.5. The van der Waals surface area contributed by atoms with Gasteiger partial charge in [-0.25, -0.2) is 22.6 Å². The highest BCUT2D eigenvalue weighted by Gasteiger charge is 2.20. The summed E-state index contributed by atoms with van der Waals surface area (Å²) in [6.45, 7) is 0. The second-order valence-electron chi connectivity index (χ2n) is 3.80. The first kappa shape index (κ1) is 13.8. The van der Waals surface area contributed by atoms with Crippen molar-refractivity contribution < 1.29 is 23.4 Å². The first-order valence-corrected chi connectivity index (χ1v) is 6.72. The maximum absolute atomic E-state index is 12.1. The Morgan fingerprint density at radius 2 is 2.10 bits per heavy atom. The van der Waals surface area contributed by atoms with E-state index >= 15 is 0 Å². The summed E-state index contributed by atoms with van der Waals surface area (Å²) in [5.41, 5.74) is -0.508. The van der Waals surface area contributed by atoms with Gasteiger partial charge in [0.25, 0.3) is 10.0 Å².